The number of anilines is 2. The summed E-state index contributed by atoms with van der Waals surface area (Å²) in [5.41, 5.74) is 0.473. The Morgan fingerprint density at radius 3 is 2.63 bits per heavy atom. The molecule has 1 aromatic carbocycles. The molecule has 10 heteroatoms. The van der Waals surface area contributed by atoms with Crippen molar-refractivity contribution in [1.29, 1.82) is 0 Å². The number of fused-ring (bicyclic) bond motifs is 1. The molecule has 4 aromatic rings. The van der Waals surface area contributed by atoms with Gasteiger partial charge in [0.2, 0.25) is 5.95 Å². The summed E-state index contributed by atoms with van der Waals surface area (Å²) in [4.78, 5) is 40.4. The van der Waals surface area contributed by atoms with Gasteiger partial charge in [-0.3, -0.25) is 9.59 Å². The van der Waals surface area contributed by atoms with Gasteiger partial charge < -0.3 is 15.3 Å². The van der Waals surface area contributed by atoms with Crippen LogP contribution in [0.2, 0.25) is 0 Å². The van der Waals surface area contributed by atoms with Gasteiger partial charge in [-0.1, -0.05) is 18.2 Å². The number of aromatic nitrogens is 5. The lowest BCUT2D eigenvalue weighted by molar-refractivity contribution is 0.0737. The molecule has 0 bridgehead atoms. The van der Waals surface area contributed by atoms with Crippen LogP contribution in [0.25, 0.3) is 16.9 Å². The molecule has 2 N–H and O–H groups in total. The topological polar surface area (TPSA) is 118 Å². The van der Waals surface area contributed by atoms with Gasteiger partial charge in [-0.2, -0.15) is 4.98 Å². The van der Waals surface area contributed by atoms with Crippen LogP contribution in [0, 0.1) is 0 Å². The van der Waals surface area contributed by atoms with Gasteiger partial charge in [0.25, 0.3) is 11.5 Å². The summed E-state index contributed by atoms with van der Waals surface area (Å²) in [6.45, 7) is 7.26. The van der Waals surface area contributed by atoms with Gasteiger partial charge >= 0.3 is 0 Å². The maximum absolute atomic E-state index is 13.1. The number of carbonyl (C=O) groups is 1. The second kappa shape index (κ2) is 9.15. The fraction of sp³-hybridized carbons (Fsp3) is 0.240. The Morgan fingerprint density at radius 1 is 1.20 bits per heavy atom. The third kappa shape index (κ3) is 4.69. The first kappa shape index (κ1) is 23.8. The van der Waals surface area contributed by atoms with E-state index in [1.807, 2.05) is 0 Å². The number of nitrogens with one attached hydrogen (secondary N) is 1. The van der Waals surface area contributed by atoms with Crippen LogP contribution >= 0.6 is 0 Å². The zero-order chi connectivity index (χ0) is 25.3. The normalized spacial score (nSPS) is 11.5. The molecule has 0 saturated heterocycles. The minimum atomic E-state index is -1.17. The molecule has 35 heavy (non-hydrogen) atoms. The summed E-state index contributed by atoms with van der Waals surface area (Å²) in [6, 6.07) is 12.2. The van der Waals surface area contributed by atoms with E-state index >= 15 is 0 Å². The molecule has 0 atom stereocenters. The molecule has 4 rings (SSSR count). The fourth-order valence-corrected chi connectivity index (χ4v) is 3.61. The standard InChI is InChI=1S/C25H27N7O3/c1-6-13-31-23(34)18-15-26-24(27-17-10-7-9-16(14-17)22(33)30(4)5)29-21(18)32(31)20-12-8-11-19(28-20)25(2,3)35/h6-12,14-15,35H,1,13H2,2-5H3,(H,26,27,29). The lowest BCUT2D eigenvalue weighted by Crippen LogP contribution is -2.23. The van der Waals surface area contributed by atoms with Gasteiger partial charge in [0.1, 0.15) is 11.0 Å². The van der Waals surface area contributed by atoms with Gasteiger partial charge in [0.15, 0.2) is 11.5 Å². The van der Waals surface area contributed by atoms with Crippen LogP contribution in [0.1, 0.15) is 29.9 Å². The van der Waals surface area contributed by atoms with Crippen molar-refractivity contribution in [2.24, 2.45) is 0 Å². The average Bonchev–Trinajstić information content (AvgIpc) is 3.09. The van der Waals surface area contributed by atoms with Crippen molar-refractivity contribution in [3.05, 3.63) is 82.9 Å². The lowest BCUT2D eigenvalue weighted by Gasteiger charge is -2.18. The third-order valence-corrected chi connectivity index (χ3v) is 5.33. The van der Waals surface area contributed by atoms with Gasteiger partial charge in [0.05, 0.1) is 12.2 Å². The van der Waals surface area contributed by atoms with E-state index in [0.717, 1.165) is 0 Å². The number of amides is 1. The monoisotopic (exact) mass is 473 g/mol. The van der Waals surface area contributed by atoms with E-state index in [2.05, 4.69) is 26.8 Å². The third-order valence-electron chi connectivity index (χ3n) is 5.33. The number of hydrogen-bond acceptors (Lipinski definition) is 7. The van der Waals surface area contributed by atoms with E-state index < -0.39 is 5.60 Å². The molecule has 1 amide bonds. The number of allylic oxidation sites excluding steroid dienone is 1. The molecule has 0 unspecified atom stereocenters. The van der Waals surface area contributed by atoms with Crippen molar-refractivity contribution in [1.82, 2.24) is 29.2 Å². The summed E-state index contributed by atoms with van der Waals surface area (Å²) in [6.07, 6.45) is 3.06. The van der Waals surface area contributed by atoms with E-state index in [1.54, 1.807) is 81.2 Å². The Labute approximate surface area is 202 Å². The van der Waals surface area contributed by atoms with Crippen LogP contribution in [0.5, 0.6) is 0 Å². The minimum Gasteiger partial charge on any atom is -0.384 e. The summed E-state index contributed by atoms with van der Waals surface area (Å²) < 4.78 is 3.05. The van der Waals surface area contributed by atoms with E-state index in [9.17, 15) is 14.7 Å². The van der Waals surface area contributed by atoms with Crippen LogP contribution in [-0.2, 0) is 12.1 Å². The summed E-state index contributed by atoms with van der Waals surface area (Å²) >= 11 is 0. The largest absolute Gasteiger partial charge is 0.384 e. The molecule has 180 valence electrons. The van der Waals surface area contributed by atoms with Crippen LogP contribution in [0.3, 0.4) is 0 Å². The van der Waals surface area contributed by atoms with Crippen molar-refractivity contribution < 1.29 is 9.90 Å². The van der Waals surface area contributed by atoms with E-state index in [1.165, 1.54) is 15.8 Å². The Kier molecular flexibility index (Phi) is 6.23. The predicted octanol–water partition coefficient (Wildman–Crippen LogP) is 2.84. The highest BCUT2D eigenvalue weighted by atomic mass is 16.3. The fourth-order valence-electron chi connectivity index (χ4n) is 3.61. The second-order valence-corrected chi connectivity index (χ2v) is 8.76. The first-order valence-corrected chi connectivity index (χ1v) is 11.0. The number of carbonyl (C=O) groups excluding carboxylic acids is 1. The molecule has 0 aliphatic heterocycles. The number of rotatable bonds is 7. The van der Waals surface area contributed by atoms with E-state index in [0.29, 0.717) is 33.8 Å². The smallest absolute Gasteiger partial charge is 0.278 e. The first-order valence-electron chi connectivity index (χ1n) is 11.0. The summed E-state index contributed by atoms with van der Waals surface area (Å²) in [5.74, 6) is 0.537. The Hall–Kier alpha value is -4.31. The number of nitrogens with zero attached hydrogens (tertiary/aromatic N) is 6. The van der Waals surface area contributed by atoms with Gasteiger partial charge in [-0.15, -0.1) is 6.58 Å². The predicted molar refractivity (Wildman–Crippen MR) is 134 cm³/mol. The number of aliphatic hydroxyl groups is 1. The molecule has 0 aliphatic carbocycles. The molecule has 0 spiro atoms. The van der Waals surface area contributed by atoms with Gasteiger partial charge in [0, 0.05) is 31.5 Å². The van der Waals surface area contributed by atoms with Crippen LogP contribution in [0.4, 0.5) is 11.6 Å². The minimum absolute atomic E-state index is 0.127. The van der Waals surface area contributed by atoms with Gasteiger partial charge in [-0.25, -0.2) is 19.3 Å². The molecular formula is C25H27N7O3. The Bertz CT molecular complexity index is 1480. The lowest BCUT2D eigenvalue weighted by atomic mass is 10.1. The number of pyridine rings is 1. The maximum atomic E-state index is 13.1. The van der Waals surface area contributed by atoms with E-state index in [-0.39, 0.29) is 24.0 Å². The highest BCUT2D eigenvalue weighted by molar-refractivity contribution is 5.95. The molecular weight excluding hydrogens is 446 g/mol. The maximum Gasteiger partial charge on any atom is 0.278 e. The molecule has 3 heterocycles. The molecule has 3 aromatic heterocycles. The molecule has 0 aliphatic rings. The molecule has 0 radical (unpaired) electrons. The van der Waals surface area contributed by atoms with Crippen LogP contribution in [0.15, 0.2) is 66.1 Å². The zero-order valence-corrected chi connectivity index (χ0v) is 20.1. The molecule has 0 fully saturated rings. The number of hydrogen-bond donors (Lipinski definition) is 2. The van der Waals surface area contributed by atoms with Crippen molar-refractivity contribution in [3.8, 4) is 5.82 Å². The van der Waals surface area contributed by atoms with Crippen molar-refractivity contribution in [2.45, 2.75) is 26.0 Å². The SMILES string of the molecule is C=CCn1c(=O)c2cnc(Nc3cccc(C(=O)N(C)C)c3)nc2n1-c1cccc(C(C)(C)O)n1. The van der Waals surface area contributed by atoms with Gasteiger partial charge in [-0.05, 0) is 44.2 Å². The quantitative estimate of drug-likeness (QED) is 0.396. The summed E-state index contributed by atoms with van der Waals surface area (Å²) in [5, 5.41) is 13.9. The Balaban J connectivity index is 1.84. The van der Waals surface area contributed by atoms with Crippen molar-refractivity contribution in [3.63, 3.8) is 0 Å². The number of benzene rings is 1. The average molecular weight is 474 g/mol. The molecule has 0 saturated carbocycles. The van der Waals surface area contributed by atoms with Crippen LogP contribution < -0.4 is 10.9 Å². The highest BCUT2D eigenvalue weighted by Gasteiger charge is 2.22. The molecule has 10 nitrogen and oxygen atoms in total. The van der Waals surface area contributed by atoms with Crippen molar-refractivity contribution in [2.75, 3.05) is 19.4 Å². The zero-order valence-electron chi connectivity index (χ0n) is 20.1. The van der Waals surface area contributed by atoms with Crippen LogP contribution in [-0.4, -0.2) is 54.3 Å². The summed E-state index contributed by atoms with van der Waals surface area (Å²) in [7, 11) is 3.38. The Morgan fingerprint density at radius 2 is 1.94 bits per heavy atom. The highest BCUT2D eigenvalue weighted by Crippen LogP contribution is 2.22. The first-order chi connectivity index (χ1) is 16.6. The second-order valence-electron chi connectivity index (χ2n) is 8.76. The van der Waals surface area contributed by atoms with E-state index in [4.69, 9.17) is 0 Å². The van der Waals surface area contributed by atoms with Crippen molar-refractivity contribution >= 4 is 28.6 Å².